The van der Waals surface area contributed by atoms with Crippen molar-refractivity contribution >= 4 is 40.3 Å². The van der Waals surface area contributed by atoms with Crippen molar-refractivity contribution in [3.8, 4) is 11.1 Å². The molecule has 0 saturated heterocycles. The molecule has 144 valence electrons. The lowest BCUT2D eigenvalue weighted by Gasteiger charge is -2.26. The van der Waals surface area contributed by atoms with Crippen molar-refractivity contribution in [1.29, 1.82) is 0 Å². The Bertz CT molecular complexity index is 1040. The van der Waals surface area contributed by atoms with Crippen LogP contribution in [-0.4, -0.2) is 0 Å². The van der Waals surface area contributed by atoms with Gasteiger partial charge >= 0.3 is 0 Å². The van der Waals surface area contributed by atoms with Gasteiger partial charge in [0, 0.05) is 28.8 Å². The van der Waals surface area contributed by atoms with Crippen LogP contribution in [0.15, 0.2) is 103 Å². The van der Waals surface area contributed by atoms with Gasteiger partial charge in [0.15, 0.2) is 0 Å². The van der Waals surface area contributed by atoms with Crippen LogP contribution in [0.1, 0.15) is 11.1 Å². The van der Waals surface area contributed by atoms with Crippen LogP contribution in [0.4, 0.5) is 17.1 Å². The molecule has 0 heterocycles. The van der Waals surface area contributed by atoms with Crippen LogP contribution in [0.3, 0.4) is 0 Å². The average Bonchev–Trinajstić information content (AvgIpc) is 2.80. The summed E-state index contributed by atoms with van der Waals surface area (Å²) in [4.78, 5) is 2.25. The van der Waals surface area contributed by atoms with E-state index in [1.165, 1.54) is 0 Å². The topological polar surface area (TPSA) is 3.24 Å². The molecule has 4 aromatic carbocycles. The van der Waals surface area contributed by atoms with Crippen LogP contribution in [0, 0.1) is 0 Å². The zero-order chi connectivity index (χ0) is 20.1. The zero-order valence-electron chi connectivity index (χ0n) is 15.9. The molecule has 0 amide bonds. The van der Waals surface area contributed by atoms with Crippen molar-refractivity contribution in [2.24, 2.45) is 0 Å². The molecular weight excluding hydrogens is 397 g/mol. The Kier molecular flexibility index (Phi) is 6.19. The molecule has 4 rings (SSSR count). The van der Waals surface area contributed by atoms with Gasteiger partial charge in [0.2, 0.25) is 0 Å². The van der Waals surface area contributed by atoms with E-state index in [1.807, 2.05) is 24.3 Å². The summed E-state index contributed by atoms with van der Waals surface area (Å²) in [5.41, 5.74) is 7.76. The minimum absolute atomic E-state index is 0.436. The first-order valence-corrected chi connectivity index (χ1v) is 10.6. The molecule has 1 nitrogen and oxygen atoms in total. The summed E-state index contributed by atoms with van der Waals surface area (Å²) >= 11 is 12.4. The van der Waals surface area contributed by atoms with E-state index in [9.17, 15) is 0 Å². The van der Waals surface area contributed by atoms with E-state index < -0.39 is 0 Å². The number of halogens is 2. The maximum atomic E-state index is 6.38. The Morgan fingerprint density at radius 2 is 1.21 bits per heavy atom. The van der Waals surface area contributed by atoms with Crippen LogP contribution in [-0.2, 0) is 11.8 Å². The first-order chi connectivity index (χ1) is 14.3. The fourth-order valence-corrected chi connectivity index (χ4v) is 3.92. The summed E-state index contributed by atoms with van der Waals surface area (Å²) in [5, 5.41) is 0. The summed E-state index contributed by atoms with van der Waals surface area (Å²) in [6.45, 7) is 0. The highest BCUT2D eigenvalue weighted by molar-refractivity contribution is 6.17. The fraction of sp³-hybridized carbons (Fsp3) is 0.0769. The number of hydrogen-bond acceptors (Lipinski definition) is 1. The average molecular weight is 418 g/mol. The van der Waals surface area contributed by atoms with Crippen LogP contribution in [0.5, 0.6) is 0 Å². The number of para-hydroxylation sites is 2. The Labute approximate surface area is 182 Å². The van der Waals surface area contributed by atoms with Gasteiger partial charge in [-0.15, -0.1) is 23.2 Å². The van der Waals surface area contributed by atoms with Gasteiger partial charge in [-0.05, 0) is 64.7 Å². The van der Waals surface area contributed by atoms with E-state index in [0.29, 0.717) is 11.8 Å². The van der Waals surface area contributed by atoms with Gasteiger partial charge in [-0.25, -0.2) is 0 Å². The van der Waals surface area contributed by atoms with Crippen LogP contribution >= 0.6 is 23.2 Å². The molecule has 0 aliphatic rings. The summed E-state index contributed by atoms with van der Waals surface area (Å²) in [6, 6.07) is 35.5. The highest BCUT2D eigenvalue weighted by Crippen LogP contribution is 2.37. The van der Waals surface area contributed by atoms with Crippen LogP contribution < -0.4 is 4.90 Å². The van der Waals surface area contributed by atoms with E-state index in [1.54, 1.807) is 0 Å². The van der Waals surface area contributed by atoms with Gasteiger partial charge < -0.3 is 4.90 Å². The smallest absolute Gasteiger partial charge is 0.0480 e. The van der Waals surface area contributed by atoms with Gasteiger partial charge in [-0.3, -0.25) is 0 Å². The molecule has 0 unspecified atom stereocenters. The van der Waals surface area contributed by atoms with Crippen molar-refractivity contribution in [2.45, 2.75) is 11.8 Å². The van der Waals surface area contributed by atoms with Gasteiger partial charge in [0.1, 0.15) is 0 Å². The molecule has 0 bridgehead atoms. The lowest BCUT2D eigenvalue weighted by molar-refractivity contribution is 1.26. The normalized spacial score (nSPS) is 10.7. The minimum atomic E-state index is 0.436. The standard InChI is InChI=1S/C26H21Cl2N/c27-18-20-8-7-9-21(16-20)26-15-14-25(17-22(26)19-28)29(23-10-3-1-4-11-23)24-12-5-2-6-13-24/h1-17H,18-19H2. The second kappa shape index (κ2) is 9.17. The molecule has 0 fully saturated rings. The molecule has 29 heavy (non-hydrogen) atoms. The van der Waals surface area contributed by atoms with Crippen LogP contribution in [0.2, 0.25) is 0 Å². The molecule has 0 N–H and O–H groups in total. The van der Waals surface area contributed by atoms with Gasteiger partial charge in [-0.1, -0.05) is 60.7 Å². The second-order valence-corrected chi connectivity index (χ2v) is 7.35. The molecule has 0 saturated carbocycles. The molecule has 0 aliphatic carbocycles. The Morgan fingerprint density at radius 3 is 1.79 bits per heavy atom. The summed E-state index contributed by atoms with van der Waals surface area (Å²) < 4.78 is 0. The highest BCUT2D eigenvalue weighted by atomic mass is 35.5. The molecule has 0 atom stereocenters. The van der Waals surface area contributed by atoms with Crippen LogP contribution in [0.25, 0.3) is 11.1 Å². The van der Waals surface area contributed by atoms with Crippen molar-refractivity contribution in [3.63, 3.8) is 0 Å². The van der Waals surface area contributed by atoms with Crippen molar-refractivity contribution in [1.82, 2.24) is 0 Å². The monoisotopic (exact) mass is 417 g/mol. The second-order valence-electron chi connectivity index (χ2n) is 6.82. The molecule has 0 aromatic heterocycles. The molecule has 3 heteroatoms. The third-order valence-electron chi connectivity index (χ3n) is 4.91. The first kappa shape index (κ1) is 19.6. The van der Waals surface area contributed by atoms with Crippen molar-refractivity contribution < 1.29 is 0 Å². The van der Waals surface area contributed by atoms with Gasteiger partial charge in [0.05, 0.1) is 0 Å². The summed E-state index contributed by atoms with van der Waals surface area (Å²) in [5.74, 6) is 0.934. The Hall–Kier alpha value is -2.74. The third kappa shape index (κ3) is 4.32. The maximum absolute atomic E-state index is 6.38. The highest BCUT2D eigenvalue weighted by Gasteiger charge is 2.14. The number of rotatable bonds is 6. The number of alkyl halides is 2. The maximum Gasteiger partial charge on any atom is 0.0480 e. The number of benzene rings is 4. The largest absolute Gasteiger partial charge is 0.310 e. The van der Waals surface area contributed by atoms with E-state index in [-0.39, 0.29) is 0 Å². The zero-order valence-corrected chi connectivity index (χ0v) is 17.4. The molecule has 0 spiro atoms. The Balaban J connectivity index is 1.82. The predicted molar refractivity (Wildman–Crippen MR) is 126 cm³/mol. The molecule has 0 radical (unpaired) electrons. The lowest BCUT2D eigenvalue weighted by Crippen LogP contribution is -2.10. The van der Waals surface area contributed by atoms with E-state index in [0.717, 1.165) is 39.3 Å². The van der Waals surface area contributed by atoms with Crippen molar-refractivity contribution in [2.75, 3.05) is 4.90 Å². The summed E-state index contributed by atoms with van der Waals surface area (Å²) in [6.07, 6.45) is 0. The number of anilines is 3. The minimum Gasteiger partial charge on any atom is -0.310 e. The van der Waals surface area contributed by atoms with E-state index >= 15 is 0 Å². The Morgan fingerprint density at radius 1 is 0.552 bits per heavy atom. The predicted octanol–water partition coefficient (Wildman–Crippen LogP) is 8.30. The number of hydrogen-bond donors (Lipinski definition) is 0. The molecular formula is C26H21Cl2N. The molecule has 0 aliphatic heterocycles. The van der Waals surface area contributed by atoms with Crippen molar-refractivity contribution in [3.05, 3.63) is 114 Å². The SMILES string of the molecule is ClCc1cccc(-c2ccc(N(c3ccccc3)c3ccccc3)cc2CCl)c1. The first-order valence-electron chi connectivity index (χ1n) is 9.54. The quantitative estimate of drug-likeness (QED) is 0.285. The fourth-order valence-electron chi connectivity index (χ4n) is 3.53. The molecule has 4 aromatic rings. The van der Waals surface area contributed by atoms with Gasteiger partial charge in [-0.2, -0.15) is 0 Å². The van der Waals surface area contributed by atoms with Gasteiger partial charge in [0.25, 0.3) is 0 Å². The van der Waals surface area contributed by atoms with E-state index in [4.69, 9.17) is 23.2 Å². The third-order valence-corrected chi connectivity index (χ3v) is 5.51. The lowest BCUT2D eigenvalue weighted by atomic mass is 9.98. The summed E-state index contributed by atoms with van der Waals surface area (Å²) in [7, 11) is 0. The van der Waals surface area contributed by atoms with E-state index in [2.05, 4.69) is 83.8 Å². The number of nitrogens with zero attached hydrogens (tertiary/aromatic N) is 1.